The zero-order chi connectivity index (χ0) is 16.6. The van der Waals surface area contributed by atoms with Gasteiger partial charge in [-0.05, 0) is 17.7 Å². The van der Waals surface area contributed by atoms with Crippen molar-refractivity contribution < 1.29 is 14.0 Å². The summed E-state index contributed by atoms with van der Waals surface area (Å²) < 4.78 is 14.7. The van der Waals surface area contributed by atoms with Crippen LogP contribution in [0.3, 0.4) is 0 Å². The first-order chi connectivity index (χ1) is 11.0. The Kier molecular flexibility index (Phi) is 3.85. The third-order valence-corrected chi connectivity index (χ3v) is 4.11. The van der Waals surface area contributed by atoms with Gasteiger partial charge in [0.25, 0.3) is 0 Å². The molecule has 0 spiro atoms. The van der Waals surface area contributed by atoms with Crippen LogP contribution in [0.25, 0.3) is 0 Å². The maximum atomic E-state index is 13.1. The zero-order valence-corrected chi connectivity index (χ0v) is 12.9. The fraction of sp³-hybridized carbons (Fsp3) is 0.312. The summed E-state index contributed by atoms with van der Waals surface area (Å²) in [5.74, 6) is -1.23. The largest absolute Gasteiger partial charge is 0.338 e. The molecule has 7 heteroatoms. The van der Waals surface area contributed by atoms with Crippen molar-refractivity contribution in [2.24, 2.45) is 13.0 Å². The van der Waals surface area contributed by atoms with Gasteiger partial charge in [0.05, 0.1) is 23.8 Å². The fourth-order valence-corrected chi connectivity index (χ4v) is 2.94. The number of benzene rings is 1. The monoisotopic (exact) mass is 316 g/mol. The first kappa shape index (κ1) is 15.2. The smallest absolute Gasteiger partial charge is 0.230 e. The number of carbonyl (C=O) groups is 2. The molecule has 1 aromatic heterocycles. The van der Waals surface area contributed by atoms with Crippen LogP contribution in [-0.2, 0) is 16.6 Å². The molecule has 0 aliphatic carbocycles. The lowest BCUT2D eigenvalue weighted by atomic mass is 9.93. The van der Waals surface area contributed by atoms with Crippen LogP contribution < -0.4 is 5.32 Å². The van der Waals surface area contributed by atoms with Crippen LogP contribution >= 0.6 is 0 Å². The van der Waals surface area contributed by atoms with Gasteiger partial charge in [0.2, 0.25) is 11.8 Å². The van der Waals surface area contributed by atoms with Crippen LogP contribution in [0.4, 0.5) is 10.1 Å². The second-order valence-electron chi connectivity index (χ2n) is 5.70. The number of nitrogens with one attached hydrogen (secondary N) is 1. The van der Waals surface area contributed by atoms with E-state index in [9.17, 15) is 14.0 Å². The van der Waals surface area contributed by atoms with E-state index in [0.717, 1.165) is 5.56 Å². The van der Waals surface area contributed by atoms with Crippen LogP contribution in [0.15, 0.2) is 36.7 Å². The number of aryl methyl sites for hydroxylation is 1. The predicted octanol–water partition coefficient (Wildman–Crippen LogP) is 1.72. The molecule has 0 radical (unpaired) electrons. The number of hydrogen-bond donors (Lipinski definition) is 1. The van der Waals surface area contributed by atoms with E-state index in [0.29, 0.717) is 5.69 Å². The summed E-state index contributed by atoms with van der Waals surface area (Å²) in [4.78, 5) is 26.2. The molecule has 1 aromatic carbocycles. The van der Waals surface area contributed by atoms with Gasteiger partial charge in [-0.15, -0.1) is 0 Å². The van der Waals surface area contributed by atoms with Gasteiger partial charge < -0.3 is 10.2 Å². The Morgan fingerprint density at radius 1 is 1.30 bits per heavy atom. The molecule has 2 heterocycles. The number of hydrogen-bond acceptors (Lipinski definition) is 3. The molecule has 1 saturated heterocycles. The molecule has 120 valence electrons. The summed E-state index contributed by atoms with van der Waals surface area (Å²) in [5.41, 5.74) is 1.32. The molecular weight excluding hydrogens is 299 g/mol. The van der Waals surface area contributed by atoms with Gasteiger partial charge in [0, 0.05) is 26.7 Å². The highest BCUT2D eigenvalue weighted by atomic mass is 19.1. The van der Waals surface area contributed by atoms with Gasteiger partial charge in [-0.2, -0.15) is 5.10 Å². The Morgan fingerprint density at radius 3 is 2.61 bits per heavy atom. The van der Waals surface area contributed by atoms with E-state index in [2.05, 4.69) is 10.4 Å². The van der Waals surface area contributed by atoms with Crippen molar-refractivity contribution in [1.82, 2.24) is 14.7 Å². The van der Waals surface area contributed by atoms with E-state index in [1.807, 2.05) is 0 Å². The van der Waals surface area contributed by atoms with Gasteiger partial charge in [-0.25, -0.2) is 4.39 Å². The second kappa shape index (κ2) is 5.83. The van der Waals surface area contributed by atoms with Gasteiger partial charge in [0.15, 0.2) is 0 Å². The van der Waals surface area contributed by atoms with E-state index in [1.54, 1.807) is 48.2 Å². The van der Waals surface area contributed by atoms with Crippen molar-refractivity contribution in [2.75, 3.05) is 12.4 Å². The fourth-order valence-electron chi connectivity index (χ4n) is 2.94. The van der Waals surface area contributed by atoms with E-state index in [-0.39, 0.29) is 24.1 Å². The Labute approximate surface area is 132 Å². The topological polar surface area (TPSA) is 67.2 Å². The maximum absolute atomic E-state index is 13.1. The molecule has 0 bridgehead atoms. The molecule has 23 heavy (non-hydrogen) atoms. The quantitative estimate of drug-likeness (QED) is 0.937. The average molecular weight is 316 g/mol. The number of aromatic nitrogens is 2. The summed E-state index contributed by atoms with van der Waals surface area (Å²) in [6.07, 6.45) is 3.36. The summed E-state index contributed by atoms with van der Waals surface area (Å²) in [5, 5.41) is 6.78. The van der Waals surface area contributed by atoms with E-state index in [1.165, 1.54) is 12.1 Å². The van der Waals surface area contributed by atoms with Crippen molar-refractivity contribution >= 4 is 17.5 Å². The molecule has 0 unspecified atom stereocenters. The summed E-state index contributed by atoms with van der Waals surface area (Å²) in [6.45, 7) is 0. The second-order valence-corrected chi connectivity index (χ2v) is 5.70. The van der Waals surface area contributed by atoms with Crippen LogP contribution in [-0.4, -0.2) is 33.5 Å². The molecule has 6 nitrogen and oxygen atoms in total. The SMILES string of the molecule is CN1C(=O)C[C@H](C(=O)Nc2cnn(C)c2)[C@H]1c1ccc(F)cc1. The van der Waals surface area contributed by atoms with Gasteiger partial charge in [-0.3, -0.25) is 14.3 Å². The minimum absolute atomic E-state index is 0.106. The first-order valence-electron chi connectivity index (χ1n) is 7.26. The minimum atomic E-state index is -0.529. The predicted molar refractivity (Wildman–Crippen MR) is 81.9 cm³/mol. The zero-order valence-electron chi connectivity index (χ0n) is 12.9. The van der Waals surface area contributed by atoms with Crippen molar-refractivity contribution in [3.05, 3.63) is 48.0 Å². The lowest BCUT2D eigenvalue weighted by Crippen LogP contribution is -2.29. The lowest BCUT2D eigenvalue weighted by Gasteiger charge is -2.24. The highest BCUT2D eigenvalue weighted by Gasteiger charge is 2.42. The van der Waals surface area contributed by atoms with Gasteiger partial charge in [0.1, 0.15) is 5.82 Å². The highest BCUT2D eigenvalue weighted by Crippen LogP contribution is 2.37. The minimum Gasteiger partial charge on any atom is -0.338 e. The number of anilines is 1. The third kappa shape index (κ3) is 2.94. The Balaban J connectivity index is 1.85. The molecular formula is C16H17FN4O2. The summed E-state index contributed by atoms with van der Waals surface area (Å²) in [7, 11) is 3.41. The average Bonchev–Trinajstić information content (AvgIpc) is 3.05. The number of halogens is 1. The molecule has 2 aromatic rings. The third-order valence-electron chi connectivity index (χ3n) is 4.11. The molecule has 0 saturated carbocycles. The number of likely N-dealkylation sites (tertiary alicyclic amines) is 1. The summed E-state index contributed by atoms with van der Waals surface area (Å²) >= 11 is 0. The number of rotatable bonds is 3. The van der Waals surface area contributed by atoms with E-state index >= 15 is 0 Å². The van der Waals surface area contributed by atoms with Crippen LogP contribution in [0.1, 0.15) is 18.0 Å². The van der Waals surface area contributed by atoms with Crippen molar-refractivity contribution in [2.45, 2.75) is 12.5 Å². The van der Waals surface area contributed by atoms with Crippen molar-refractivity contribution in [1.29, 1.82) is 0 Å². The normalized spacial score (nSPS) is 20.8. The number of nitrogens with zero attached hydrogens (tertiary/aromatic N) is 3. The van der Waals surface area contributed by atoms with Crippen LogP contribution in [0.5, 0.6) is 0 Å². The molecule has 1 aliphatic heterocycles. The van der Waals surface area contributed by atoms with Gasteiger partial charge in [-0.1, -0.05) is 12.1 Å². The maximum Gasteiger partial charge on any atom is 0.230 e. The highest BCUT2D eigenvalue weighted by molar-refractivity contribution is 5.97. The Bertz CT molecular complexity index is 741. The van der Waals surface area contributed by atoms with Crippen molar-refractivity contribution in [3.63, 3.8) is 0 Å². The Morgan fingerprint density at radius 2 is 2.00 bits per heavy atom. The molecule has 2 amide bonds. The standard InChI is InChI=1S/C16H17FN4O2/c1-20-9-12(8-18-20)19-16(23)13-7-14(22)21(2)15(13)10-3-5-11(17)6-4-10/h3-6,8-9,13,15H,7H2,1-2H3,(H,19,23)/t13-,15+/m0/s1. The van der Waals surface area contributed by atoms with E-state index in [4.69, 9.17) is 0 Å². The number of amides is 2. The molecule has 1 fully saturated rings. The van der Waals surface area contributed by atoms with Crippen molar-refractivity contribution in [3.8, 4) is 0 Å². The Hall–Kier alpha value is -2.70. The molecule has 2 atom stereocenters. The van der Waals surface area contributed by atoms with Crippen LogP contribution in [0, 0.1) is 11.7 Å². The lowest BCUT2D eigenvalue weighted by molar-refractivity contribution is -0.127. The van der Waals surface area contributed by atoms with Crippen LogP contribution in [0.2, 0.25) is 0 Å². The van der Waals surface area contributed by atoms with E-state index < -0.39 is 12.0 Å². The first-order valence-corrected chi connectivity index (χ1v) is 7.26. The molecule has 3 rings (SSSR count). The summed E-state index contributed by atoms with van der Waals surface area (Å²) in [6, 6.07) is 5.49. The molecule has 1 N–H and O–H groups in total. The molecule has 1 aliphatic rings. The van der Waals surface area contributed by atoms with Gasteiger partial charge >= 0.3 is 0 Å². The number of carbonyl (C=O) groups excluding carboxylic acids is 2.